The van der Waals surface area contributed by atoms with Crippen LogP contribution in [0.3, 0.4) is 0 Å². The second kappa shape index (κ2) is 4.30. The van der Waals surface area contributed by atoms with E-state index in [4.69, 9.17) is 0 Å². The fourth-order valence-electron chi connectivity index (χ4n) is 1.05. The molecule has 0 aliphatic rings. The number of nitrogens with zero attached hydrogens (tertiary/aromatic N) is 1. The first-order valence-electron chi connectivity index (χ1n) is 4.14. The number of hydrogen-bond donors (Lipinski definition) is 0. The highest BCUT2D eigenvalue weighted by atomic mass is 19.4. The van der Waals surface area contributed by atoms with Crippen LogP contribution in [-0.4, -0.2) is 16.9 Å². The average molecular weight is 233 g/mol. The lowest BCUT2D eigenvalue weighted by molar-refractivity contribution is -0.384. The number of alkyl halides is 3. The largest absolute Gasteiger partial charge is 0.396 e. The Morgan fingerprint density at radius 1 is 1.25 bits per heavy atom. The third-order valence-corrected chi connectivity index (χ3v) is 1.76. The Kier molecular flexibility index (Phi) is 3.26. The number of rotatable bonds is 3. The van der Waals surface area contributed by atoms with E-state index < -0.39 is 23.3 Å². The molecule has 0 atom stereocenters. The summed E-state index contributed by atoms with van der Waals surface area (Å²) in [5, 5.41) is 10.3. The quantitative estimate of drug-likeness (QED) is 0.458. The Labute approximate surface area is 87.8 Å². The second-order valence-electron chi connectivity index (χ2n) is 3.02. The monoisotopic (exact) mass is 233 g/mol. The number of carbonyl (C=O) groups is 1. The van der Waals surface area contributed by atoms with Crippen LogP contribution in [0.1, 0.15) is 16.8 Å². The zero-order chi connectivity index (χ0) is 12.3. The maximum atomic E-state index is 11.9. The first kappa shape index (κ1) is 12.2. The summed E-state index contributed by atoms with van der Waals surface area (Å²) in [6, 6.07) is 3.99. The van der Waals surface area contributed by atoms with E-state index in [9.17, 15) is 28.1 Å². The first-order valence-corrected chi connectivity index (χ1v) is 4.14. The van der Waals surface area contributed by atoms with E-state index in [1.165, 1.54) is 0 Å². The molecule has 0 unspecified atom stereocenters. The fraction of sp³-hybridized carbons (Fsp3) is 0.222. The van der Waals surface area contributed by atoms with Gasteiger partial charge < -0.3 is 0 Å². The molecule has 0 aliphatic carbocycles. The summed E-state index contributed by atoms with van der Waals surface area (Å²) in [5.41, 5.74) is -0.466. The third-order valence-electron chi connectivity index (χ3n) is 1.76. The Morgan fingerprint density at radius 2 is 1.75 bits per heavy atom. The van der Waals surface area contributed by atoms with Gasteiger partial charge in [0.05, 0.1) is 4.92 Å². The average Bonchev–Trinajstić information content (AvgIpc) is 2.15. The van der Waals surface area contributed by atoms with Crippen molar-refractivity contribution in [2.45, 2.75) is 12.6 Å². The van der Waals surface area contributed by atoms with Gasteiger partial charge in [-0.05, 0) is 12.1 Å². The zero-order valence-corrected chi connectivity index (χ0v) is 7.82. The van der Waals surface area contributed by atoms with Gasteiger partial charge >= 0.3 is 6.18 Å². The van der Waals surface area contributed by atoms with Crippen molar-refractivity contribution in [3.63, 3.8) is 0 Å². The number of non-ortho nitro benzene ring substituents is 1. The minimum Gasteiger partial charge on any atom is -0.294 e. The van der Waals surface area contributed by atoms with Crippen molar-refractivity contribution in [2.75, 3.05) is 0 Å². The highest BCUT2D eigenvalue weighted by Gasteiger charge is 2.31. The third kappa shape index (κ3) is 3.34. The maximum Gasteiger partial charge on any atom is 0.396 e. The normalized spacial score (nSPS) is 11.2. The number of ketones is 1. The molecule has 0 radical (unpaired) electrons. The Morgan fingerprint density at radius 3 is 2.12 bits per heavy atom. The van der Waals surface area contributed by atoms with Crippen LogP contribution in [0, 0.1) is 10.1 Å². The minimum absolute atomic E-state index is 0.192. The molecule has 1 aromatic rings. The van der Waals surface area contributed by atoms with Gasteiger partial charge in [0, 0.05) is 17.7 Å². The van der Waals surface area contributed by atoms with E-state index in [1.54, 1.807) is 0 Å². The lowest BCUT2D eigenvalue weighted by Crippen LogP contribution is -2.14. The van der Waals surface area contributed by atoms with E-state index in [-0.39, 0.29) is 11.3 Å². The number of hydrogen-bond acceptors (Lipinski definition) is 3. The number of nitro benzene ring substituents is 1. The SMILES string of the molecule is O=C(CC(F)(F)F)c1ccc([N+](=O)[O-])cc1. The Bertz CT molecular complexity index is 411. The van der Waals surface area contributed by atoms with Gasteiger partial charge in [-0.2, -0.15) is 13.2 Å². The molecule has 4 nitrogen and oxygen atoms in total. The number of nitro groups is 1. The van der Waals surface area contributed by atoms with Crippen LogP contribution in [0.2, 0.25) is 0 Å². The van der Waals surface area contributed by atoms with Crippen molar-refractivity contribution >= 4 is 11.5 Å². The molecule has 0 bridgehead atoms. The summed E-state index contributed by atoms with van der Waals surface area (Å²) in [6.45, 7) is 0. The molecular formula is C9H6F3NO3. The Balaban J connectivity index is 2.82. The number of Topliss-reactive ketones (excluding diaryl/α,β-unsaturated/α-hetero) is 1. The topological polar surface area (TPSA) is 60.2 Å². The highest BCUT2D eigenvalue weighted by Crippen LogP contribution is 2.22. The summed E-state index contributed by atoms with van der Waals surface area (Å²) in [5.74, 6) is -1.11. The van der Waals surface area contributed by atoms with Crippen molar-refractivity contribution in [1.82, 2.24) is 0 Å². The molecule has 1 rings (SSSR count). The first-order chi connectivity index (χ1) is 7.29. The number of halogens is 3. The van der Waals surface area contributed by atoms with E-state index in [2.05, 4.69) is 0 Å². The summed E-state index contributed by atoms with van der Waals surface area (Å²) >= 11 is 0. The fourth-order valence-corrected chi connectivity index (χ4v) is 1.05. The molecule has 0 N–H and O–H groups in total. The maximum absolute atomic E-state index is 11.9. The number of carbonyl (C=O) groups excluding carboxylic acids is 1. The van der Waals surface area contributed by atoms with Crippen molar-refractivity contribution in [3.05, 3.63) is 39.9 Å². The predicted molar refractivity (Wildman–Crippen MR) is 48.1 cm³/mol. The van der Waals surface area contributed by atoms with Crippen LogP contribution < -0.4 is 0 Å². The molecule has 0 saturated heterocycles. The molecule has 0 heterocycles. The van der Waals surface area contributed by atoms with Gasteiger partial charge in [0.2, 0.25) is 0 Å². The van der Waals surface area contributed by atoms with Gasteiger partial charge in [-0.3, -0.25) is 14.9 Å². The van der Waals surface area contributed by atoms with Gasteiger partial charge in [-0.15, -0.1) is 0 Å². The van der Waals surface area contributed by atoms with Crippen LogP contribution >= 0.6 is 0 Å². The van der Waals surface area contributed by atoms with Crippen molar-refractivity contribution in [2.24, 2.45) is 0 Å². The predicted octanol–water partition coefficient (Wildman–Crippen LogP) is 2.73. The van der Waals surface area contributed by atoms with Gasteiger partial charge in [0.1, 0.15) is 6.42 Å². The molecular weight excluding hydrogens is 227 g/mol. The van der Waals surface area contributed by atoms with E-state index in [0.29, 0.717) is 0 Å². The van der Waals surface area contributed by atoms with Crippen LogP contribution in [0.5, 0.6) is 0 Å². The van der Waals surface area contributed by atoms with Crippen LogP contribution in [0.25, 0.3) is 0 Å². The molecule has 0 saturated carbocycles. The van der Waals surface area contributed by atoms with Crippen molar-refractivity contribution < 1.29 is 22.9 Å². The molecule has 1 aromatic carbocycles. The van der Waals surface area contributed by atoms with Crippen molar-refractivity contribution in [3.8, 4) is 0 Å². The molecule has 7 heteroatoms. The highest BCUT2D eigenvalue weighted by molar-refractivity contribution is 5.96. The van der Waals surface area contributed by atoms with Gasteiger partial charge in [-0.25, -0.2) is 0 Å². The van der Waals surface area contributed by atoms with Crippen LogP contribution in [-0.2, 0) is 0 Å². The summed E-state index contributed by atoms with van der Waals surface area (Å²) in [4.78, 5) is 20.6. The smallest absolute Gasteiger partial charge is 0.294 e. The van der Waals surface area contributed by atoms with Crippen molar-refractivity contribution in [1.29, 1.82) is 0 Å². The van der Waals surface area contributed by atoms with Crippen LogP contribution in [0.15, 0.2) is 24.3 Å². The second-order valence-corrected chi connectivity index (χ2v) is 3.02. The van der Waals surface area contributed by atoms with Gasteiger partial charge in [0.15, 0.2) is 5.78 Å². The molecule has 0 aromatic heterocycles. The van der Waals surface area contributed by atoms with Gasteiger partial charge in [0.25, 0.3) is 5.69 Å². The molecule has 0 amide bonds. The lowest BCUT2D eigenvalue weighted by atomic mass is 10.1. The minimum atomic E-state index is -4.57. The standard InChI is InChI=1S/C9H6F3NO3/c10-9(11,12)5-8(14)6-1-3-7(4-2-6)13(15)16/h1-4H,5H2. The molecule has 16 heavy (non-hydrogen) atoms. The van der Waals surface area contributed by atoms with Gasteiger partial charge in [-0.1, -0.05) is 0 Å². The number of benzene rings is 1. The zero-order valence-electron chi connectivity index (χ0n) is 7.82. The van der Waals surface area contributed by atoms with Crippen LogP contribution in [0.4, 0.5) is 18.9 Å². The lowest BCUT2D eigenvalue weighted by Gasteiger charge is -2.04. The molecule has 0 aliphatic heterocycles. The van der Waals surface area contributed by atoms with E-state index in [1.807, 2.05) is 0 Å². The van der Waals surface area contributed by atoms with E-state index in [0.717, 1.165) is 24.3 Å². The summed E-state index contributed by atoms with van der Waals surface area (Å²) in [6.07, 6.45) is -6.14. The molecule has 0 spiro atoms. The summed E-state index contributed by atoms with van der Waals surface area (Å²) in [7, 11) is 0. The molecule has 0 fully saturated rings. The molecule has 86 valence electrons. The van der Waals surface area contributed by atoms with E-state index >= 15 is 0 Å². The summed E-state index contributed by atoms with van der Waals surface area (Å²) < 4.78 is 35.6. The Hall–Kier alpha value is -1.92.